The molecule has 0 saturated heterocycles. The van der Waals surface area contributed by atoms with E-state index in [4.69, 9.17) is 14.5 Å². The molecule has 2 aromatic carbocycles. The van der Waals surface area contributed by atoms with Crippen molar-refractivity contribution in [3.63, 3.8) is 0 Å². The van der Waals surface area contributed by atoms with Crippen molar-refractivity contribution >= 4 is 29.0 Å². The zero-order chi connectivity index (χ0) is 24.1. The molecular formula is C18H18FN5O6PS2+. The van der Waals surface area contributed by atoms with Gasteiger partial charge in [-0.2, -0.15) is 9.98 Å². The molecule has 0 aliphatic carbocycles. The second kappa shape index (κ2) is 10.3. The predicted octanol–water partition coefficient (Wildman–Crippen LogP) is 1.34. The molecule has 174 valence electrons. The Balaban J connectivity index is 1.66. The van der Waals surface area contributed by atoms with Gasteiger partial charge in [-0.05, 0) is 36.4 Å². The van der Waals surface area contributed by atoms with Crippen LogP contribution in [0.3, 0.4) is 0 Å². The Morgan fingerprint density at radius 2 is 1.91 bits per heavy atom. The number of halogens is 1. The second-order valence-corrected chi connectivity index (χ2v) is 11.1. The maximum Gasteiger partial charge on any atom is 0.391 e. The summed E-state index contributed by atoms with van der Waals surface area (Å²) in [7, 11) is -8.82. The molecule has 0 spiro atoms. The van der Waals surface area contributed by atoms with E-state index < -0.39 is 34.1 Å². The largest absolute Gasteiger partial charge is 0.488 e. The SMILES string of the molecule is N#Cc1ccc(OP(=O)(O)CNS(=O)(=O)c2nnc(-c3ccc(OCC[NH3+])cc3)s2)cc1F. The van der Waals surface area contributed by atoms with Crippen LogP contribution in [0.4, 0.5) is 4.39 Å². The van der Waals surface area contributed by atoms with Gasteiger partial charge >= 0.3 is 7.60 Å². The van der Waals surface area contributed by atoms with Crippen LogP contribution in [0.5, 0.6) is 11.5 Å². The molecule has 3 aromatic rings. The number of hydrogen-bond acceptors (Lipinski definition) is 9. The van der Waals surface area contributed by atoms with E-state index >= 15 is 0 Å². The lowest BCUT2D eigenvalue weighted by atomic mass is 10.2. The summed E-state index contributed by atoms with van der Waals surface area (Å²) < 4.78 is 62.6. The highest BCUT2D eigenvalue weighted by molar-refractivity contribution is 7.91. The van der Waals surface area contributed by atoms with Gasteiger partial charge in [-0.1, -0.05) is 11.3 Å². The van der Waals surface area contributed by atoms with Crippen molar-refractivity contribution < 1.29 is 37.3 Å². The summed E-state index contributed by atoms with van der Waals surface area (Å²) in [4.78, 5) is 9.94. The highest BCUT2D eigenvalue weighted by Crippen LogP contribution is 2.42. The number of aromatic nitrogens is 2. The molecule has 15 heteroatoms. The Bertz CT molecular complexity index is 1330. The zero-order valence-electron chi connectivity index (χ0n) is 16.8. The third-order valence-corrected chi connectivity index (χ3v) is 7.92. The number of rotatable bonds is 10. The van der Waals surface area contributed by atoms with E-state index in [1.54, 1.807) is 30.3 Å². The first-order valence-corrected chi connectivity index (χ1v) is 13.3. The summed E-state index contributed by atoms with van der Waals surface area (Å²) in [5.74, 6) is -0.654. The summed E-state index contributed by atoms with van der Waals surface area (Å²) in [6.45, 7) is 1.08. The molecule has 1 unspecified atom stereocenters. The molecule has 33 heavy (non-hydrogen) atoms. The van der Waals surface area contributed by atoms with Crippen molar-refractivity contribution in [3.8, 4) is 28.1 Å². The molecule has 0 radical (unpaired) electrons. The van der Waals surface area contributed by atoms with Crippen LogP contribution >= 0.6 is 18.9 Å². The molecule has 0 aliphatic rings. The van der Waals surface area contributed by atoms with Crippen LogP contribution < -0.4 is 19.7 Å². The van der Waals surface area contributed by atoms with Crippen LogP contribution in [-0.4, -0.2) is 42.9 Å². The van der Waals surface area contributed by atoms with Crippen LogP contribution in [0.2, 0.25) is 0 Å². The Hall–Kier alpha value is -2.92. The van der Waals surface area contributed by atoms with E-state index in [2.05, 4.69) is 15.9 Å². The van der Waals surface area contributed by atoms with Gasteiger partial charge in [-0.25, -0.2) is 17.4 Å². The highest BCUT2D eigenvalue weighted by atomic mass is 32.2. The number of nitriles is 1. The topological polar surface area (TPSA) is 179 Å². The third kappa shape index (κ3) is 6.55. The lowest BCUT2D eigenvalue weighted by molar-refractivity contribution is -0.370. The fourth-order valence-corrected chi connectivity index (χ4v) is 5.93. The summed E-state index contributed by atoms with van der Waals surface area (Å²) in [6.07, 6.45) is -0.996. The average molecular weight is 514 g/mol. The minimum Gasteiger partial charge on any atom is -0.488 e. The molecule has 0 saturated carbocycles. The van der Waals surface area contributed by atoms with Gasteiger partial charge in [0.15, 0.2) is 0 Å². The molecule has 1 atom stereocenters. The van der Waals surface area contributed by atoms with E-state index in [9.17, 15) is 22.3 Å². The van der Waals surface area contributed by atoms with E-state index in [1.165, 1.54) is 0 Å². The molecule has 11 nitrogen and oxygen atoms in total. The Kier molecular flexibility index (Phi) is 7.75. The van der Waals surface area contributed by atoms with Crippen LogP contribution in [0, 0.1) is 17.1 Å². The van der Waals surface area contributed by atoms with E-state index in [0.29, 0.717) is 29.5 Å². The average Bonchev–Trinajstić information content (AvgIpc) is 3.28. The van der Waals surface area contributed by atoms with Crippen LogP contribution in [0.1, 0.15) is 5.56 Å². The predicted molar refractivity (Wildman–Crippen MR) is 115 cm³/mol. The van der Waals surface area contributed by atoms with Gasteiger partial charge in [0.05, 0.1) is 5.56 Å². The van der Waals surface area contributed by atoms with Crippen LogP contribution in [-0.2, 0) is 14.6 Å². The number of hydrogen-bond donors (Lipinski definition) is 3. The second-order valence-electron chi connectivity index (χ2n) is 6.39. The maximum atomic E-state index is 13.6. The molecule has 0 bridgehead atoms. The summed E-state index contributed by atoms with van der Waals surface area (Å²) in [5.41, 5.74) is 4.01. The number of nitrogens with one attached hydrogen (secondary N) is 1. The fraction of sp³-hybridized carbons (Fsp3) is 0.167. The molecule has 0 amide bonds. The van der Waals surface area contributed by atoms with Crippen molar-refractivity contribution in [1.82, 2.24) is 14.9 Å². The molecule has 5 N–H and O–H groups in total. The van der Waals surface area contributed by atoms with Gasteiger partial charge in [0, 0.05) is 11.6 Å². The number of quaternary nitrogens is 1. The number of ether oxygens (including phenoxy) is 1. The molecule has 0 aliphatic heterocycles. The standard InChI is InChI=1S/C18H17FN5O6PS2/c19-16-9-15(6-3-13(16)10-21)30-31(25,26)11-22-33(27,28)18-24-23-17(32-18)12-1-4-14(5-2-12)29-8-7-20/h1-6,9,22H,7-8,11,20H2,(H,25,26)/p+1. The van der Waals surface area contributed by atoms with E-state index in [0.717, 1.165) is 29.5 Å². The monoisotopic (exact) mass is 514 g/mol. The summed E-state index contributed by atoms with van der Waals surface area (Å²) in [6, 6.07) is 11.3. The van der Waals surface area contributed by atoms with Crippen LogP contribution in [0.25, 0.3) is 10.6 Å². The molecule has 3 rings (SSSR count). The van der Waals surface area contributed by atoms with Crippen molar-refractivity contribution in [1.29, 1.82) is 5.26 Å². The van der Waals surface area contributed by atoms with Gasteiger partial charge in [0.2, 0.25) is 4.34 Å². The fourth-order valence-electron chi connectivity index (χ4n) is 2.39. The number of sulfonamides is 1. The summed E-state index contributed by atoms with van der Waals surface area (Å²) >= 11 is 0.761. The van der Waals surface area contributed by atoms with Gasteiger partial charge < -0.3 is 19.9 Å². The minimum atomic E-state index is -4.54. The van der Waals surface area contributed by atoms with E-state index in [-0.39, 0.29) is 11.3 Å². The van der Waals surface area contributed by atoms with Crippen molar-refractivity contribution in [2.45, 2.75) is 4.34 Å². The van der Waals surface area contributed by atoms with Gasteiger partial charge in [-0.15, -0.1) is 10.2 Å². The lowest BCUT2D eigenvalue weighted by Crippen LogP contribution is -2.52. The molecule has 1 heterocycles. The number of nitrogens with zero attached hydrogens (tertiary/aromatic N) is 3. The van der Waals surface area contributed by atoms with Crippen molar-refractivity contribution in [2.75, 3.05) is 19.4 Å². The Labute approximate surface area is 192 Å². The first-order valence-electron chi connectivity index (χ1n) is 9.20. The minimum absolute atomic E-state index is 0.275. The third-order valence-electron chi connectivity index (χ3n) is 3.91. The first kappa shape index (κ1) is 24.7. The molecular weight excluding hydrogens is 496 g/mol. The van der Waals surface area contributed by atoms with E-state index in [1.807, 2.05) is 4.72 Å². The first-order chi connectivity index (χ1) is 15.6. The normalized spacial score (nSPS) is 13.2. The lowest BCUT2D eigenvalue weighted by Gasteiger charge is -2.13. The maximum absolute atomic E-state index is 13.6. The quantitative estimate of drug-likeness (QED) is 0.337. The Morgan fingerprint density at radius 1 is 1.21 bits per heavy atom. The van der Waals surface area contributed by atoms with Gasteiger partial charge in [-0.3, -0.25) is 0 Å². The zero-order valence-corrected chi connectivity index (χ0v) is 19.4. The van der Waals surface area contributed by atoms with Gasteiger partial charge in [0.25, 0.3) is 10.0 Å². The number of benzene rings is 2. The van der Waals surface area contributed by atoms with Crippen molar-refractivity contribution in [2.24, 2.45) is 0 Å². The Morgan fingerprint density at radius 3 is 2.55 bits per heavy atom. The van der Waals surface area contributed by atoms with Gasteiger partial charge in [0.1, 0.15) is 47.8 Å². The molecule has 1 aromatic heterocycles. The smallest absolute Gasteiger partial charge is 0.391 e. The summed E-state index contributed by atoms with van der Waals surface area (Å²) in [5, 5.41) is 16.5. The van der Waals surface area contributed by atoms with Crippen molar-refractivity contribution in [3.05, 3.63) is 53.8 Å². The van der Waals surface area contributed by atoms with Crippen LogP contribution in [0.15, 0.2) is 46.8 Å². The highest BCUT2D eigenvalue weighted by Gasteiger charge is 2.28. The molecule has 0 fully saturated rings.